The molecule has 0 fully saturated rings. The Balaban J connectivity index is 2.17. The number of allylic oxidation sites excluding steroid dienone is 2. The average molecular weight is 407 g/mol. The summed E-state index contributed by atoms with van der Waals surface area (Å²) in [4.78, 5) is 35.6. The van der Waals surface area contributed by atoms with Gasteiger partial charge in [-0.15, -0.1) is 11.8 Å². The number of nitrogens with one attached hydrogen (secondary N) is 2. The number of carbonyl (C=O) groups is 3. The van der Waals surface area contributed by atoms with Crippen LogP contribution in [0.4, 0.5) is 0 Å². The average Bonchev–Trinajstić information content (AvgIpc) is 2.66. The lowest BCUT2D eigenvalue weighted by atomic mass is 10.1. The van der Waals surface area contributed by atoms with E-state index in [-0.39, 0.29) is 17.2 Å². The minimum absolute atomic E-state index is 0.00694. The van der Waals surface area contributed by atoms with Gasteiger partial charge in [-0.2, -0.15) is 0 Å². The first kappa shape index (κ1) is 21.3. The van der Waals surface area contributed by atoms with Gasteiger partial charge in [-0.05, 0) is 30.2 Å². The monoisotopic (exact) mass is 407 g/mol. The molecule has 3 atom stereocenters. The molecule has 0 unspecified atom stereocenters. The zero-order chi connectivity index (χ0) is 20.8. The lowest BCUT2D eigenvalue weighted by Gasteiger charge is -2.31. The summed E-state index contributed by atoms with van der Waals surface area (Å²) >= 11 is 1.17. The molecular weight excluding hydrogens is 386 g/mol. The molecule has 150 valence electrons. The molecule has 0 saturated carbocycles. The summed E-state index contributed by atoms with van der Waals surface area (Å²) in [6, 6.07) is 3.09. The molecule has 0 spiro atoms. The molecule has 1 aromatic carbocycles. The molecular formula is C18H21N3O6S. The summed E-state index contributed by atoms with van der Waals surface area (Å²) in [5.74, 6) is -2.99. The highest BCUT2D eigenvalue weighted by atomic mass is 32.2. The fourth-order valence-corrected chi connectivity index (χ4v) is 3.76. The number of nitrogens with two attached hydrogens (primary N) is 1. The maximum Gasteiger partial charge on any atom is 0.352 e. The van der Waals surface area contributed by atoms with Gasteiger partial charge >= 0.3 is 11.9 Å². The zero-order valence-corrected chi connectivity index (χ0v) is 15.8. The van der Waals surface area contributed by atoms with E-state index in [2.05, 4.69) is 10.6 Å². The Labute approximate surface area is 165 Å². The topological polar surface area (TPSA) is 162 Å². The number of amides is 1. The SMILES string of the molecule is C/C=C/C1=C(C(=O)O)N[C@@H]([C@H](NC(=O)[C@H](N)c2ccc(O)cc2)C(=O)O)SC1. The predicted octanol–water partition coefficient (Wildman–Crippen LogP) is 0.539. The number of aliphatic carboxylic acids is 2. The molecule has 1 aromatic rings. The molecule has 2 rings (SSSR count). The number of rotatable bonds is 7. The maximum atomic E-state index is 12.4. The van der Waals surface area contributed by atoms with Crippen LogP contribution in [-0.4, -0.2) is 50.3 Å². The second-order valence-corrected chi connectivity index (χ2v) is 7.10. The fraction of sp³-hybridized carbons (Fsp3) is 0.278. The quantitative estimate of drug-likeness (QED) is 0.379. The lowest BCUT2D eigenvalue weighted by Crippen LogP contribution is -2.56. The van der Waals surface area contributed by atoms with E-state index in [9.17, 15) is 29.7 Å². The third-order valence-corrected chi connectivity index (χ3v) is 5.24. The zero-order valence-electron chi connectivity index (χ0n) is 15.0. The minimum Gasteiger partial charge on any atom is -0.508 e. The number of benzene rings is 1. The number of hydrogen-bond acceptors (Lipinski definition) is 7. The van der Waals surface area contributed by atoms with Gasteiger partial charge < -0.3 is 31.7 Å². The van der Waals surface area contributed by atoms with Crippen LogP contribution in [0.5, 0.6) is 5.75 Å². The van der Waals surface area contributed by atoms with E-state index < -0.39 is 35.3 Å². The molecule has 28 heavy (non-hydrogen) atoms. The lowest BCUT2D eigenvalue weighted by molar-refractivity contribution is -0.142. The highest BCUT2D eigenvalue weighted by molar-refractivity contribution is 8.00. The molecule has 0 aliphatic carbocycles. The molecule has 9 nitrogen and oxygen atoms in total. The van der Waals surface area contributed by atoms with Gasteiger partial charge in [0.1, 0.15) is 22.9 Å². The van der Waals surface area contributed by atoms with E-state index in [1.165, 1.54) is 36.0 Å². The van der Waals surface area contributed by atoms with Crippen molar-refractivity contribution in [3.63, 3.8) is 0 Å². The molecule has 0 aromatic heterocycles. The van der Waals surface area contributed by atoms with Crippen LogP contribution < -0.4 is 16.4 Å². The highest BCUT2D eigenvalue weighted by Gasteiger charge is 2.36. The van der Waals surface area contributed by atoms with Gasteiger partial charge in [0.05, 0.1) is 0 Å². The van der Waals surface area contributed by atoms with Crippen molar-refractivity contribution in [2.75, 3.05) is 5.75 Å². The van der Waals surface area contributed by atoms with Crippen molar-refractivity contribution in [3.8, 4) is 5.75 Å². The van der Waals surface area contributed by atoms with Crippen molar-refractivity contribution in [2.24, 2.45) is 5.73 Å². The van der Waals surface area contributed by atoms with Crippen LogP contribution in [0, 0.1) is 0 Å². The third-order valence-electron chi connectivity index (χ3n) is 4.01. The summed E-state index contributed by atoms with van der Waals surface area (Å²) in [6.45, 7) is 1.74. The summed E-state index contributed by atoms with van der Waals surface area (Å²) < 4.78 is 0. The van der Waals surface area contributed by atoms with Crippen LogP contribution in [0.25, 0.3) is 0 Å². The second kappa shape index (κ2) is 9.29. The number of carboxylic acids is 2. The smallest absolute Gasteiger partial charge is 0.352 e. The number of hydrogen-bond donors (Lipinski definition) is 6. The Hall–Kier alpha value is -2.98. The van der Waals surface area contributed by atoms with E-state index in [0.29, 0.717) is 11.1 Å². The van der Waals surface area contributed by atoms with Crippen LogP contribution in [-0.2, 0) is 14.4 Å². The molecule has 0 radical (unpaired) electrons. The number of phenols is 1. The summed E-state index contributed by atoms with van der Waals surface area (Å²) in [5, 5.41) is 32.4. The Morgan fingerprint density at radius 2 is 1.93 bits per heavy atom. The first-order chi connectivity index (χ1) is 13.2. The van der Waals surface area contributed by atoms with Gasteiger partial charge in [0, 0.05) is 5.75 Å². The Kier molecular flexibility index (Phi) is 7.07. The van der Waals surface area contributed by atoms with Crippen LogP contribution >= 0.6 is 11.8 Å². The van der Waals surface area contributed by atoms with E-state index in [4.69, 9.17) is 5.73 Å². The van der Waals surface area contributed by atoms with Gasteiger partial charge in [0.15, 0.2) is 6.04 Å². The fourth-order valence-electron chi connectivity index (χ4n) is 2.58. The molecule has 7 N–H and O–H groups in total. The third kappa shape index (κ3) is 5.05. The number of carboxylic acid groups (broad SMARTS) is 2. The van der Waals surface area contributed by atoms with E-state index in [1.54, 1.807) is 19.1 Å². The van der Waals surface area contributed by atoms with Crippen molar-refractivity contribution in [3.05, 3.63) is 53.3 Å². The molecule has 1 aliphatic rings. The molecule has 1 heterocycles. The van der Waals surface area contributed by atoms with Crippen LogP contribution in [0.2, 0.25) is 0 Å². The molecule has 1 amide bonds. The van der Waals surface area contributed by atoms with Gasteiger partial charge in [-0.3, -0.25) is 4.79 Å². The number of carbonyl (C=O) groups excluding carboxylic acids is 1. The first-order valence-electron chi connectivity index (χ1n) is 8.29. The van der Waals surface area contributed by atoms with E-state index in [1.807, 2.05) is 0 Å². The largest absolute Gasteiger partial charge is 0.508 e. The van der Waals surface area contributed by atoms with Gasteiger partial charge in [0.25, 0.3) is 0 Å². The number of phenolic OH excluding ortho intramolecular Hbond substituents is 1. The first-order valence-corrected chi connectivity index (χ1v) is 9.34. The standard InChI is InChI=1S/C18H21N3O6S/c1-2-3-10-8-28-16(21-13(10)17(24)25)14(18(26)27)20-15(23)12(19)9-4-6-11(22)7-5-9/h2-7,12,14,16,21-22H,8,19H2,1H3,(H,20,23)(H,24,25)(H,26,27)/b3-2+/t12-,14+,16-/m1/s1. The van der Waals surface area contributed by atoms with Gasteiger partial charge in [-0.25, -0.2) is 9.59 Å². The molecule has 10 heteroatoms. The summed E-state index contributed by atoms with van der Waals surface area (Å²) in [7, 11) is 0. The molecule has 0 saturated heterocycles. The second-order valence-electron chi connectivity index (χ2n) is 5.98. The minimum atomic E-state index is -1.40. The van der Waals surface area contributed by atoms with E-state index in [0.717, 1.165) is 0 Å². The number of aromatic hydroxyl groups is 1. The van der Waals surface area contributed by atoms with Crippen molar-refractivity contribution in [1.82, 2.24) is 10.6 Å². The Morgan fingerprint density at radius 3 is 2.46 bits per heavy atom. The van der Waals surface area contributed by atoms with Crippen LogP contribution in [0.15, 0.2) is 47.7 Å². The van der Waals surface area contributed by atoms with Crippen molar-refractivity contribution >= 4 is 29.6 Å². The number of thioether (sulfide) groups is 1. The predicted molar refractivity (Wildman–Crippen MR) is 103 cm³/mol. The van der Waals surface area contributed by atoms with Crippen LogP contribution in [0.3, 0.4) is 0 Å². The Bertz CT molecular complexity index is 821. The molecule has 1 aliphatic heterocycles. The molecule has 0 bridgehead atoms. The summed E-state index contributed by atoms with van der Waals surface area (Å²) in [6.07, 6.45) is 3.32. The highest BCUT2D eigenvalue weighted by Crippen LogP contribution is 2.26. The van der Waals surface area contributed by atoms with E-state index >= 15 is 0 Å². The normalized spacial score (nSPS) is 19.0. The summed E-state index contributed by atoms with van der Waals surface area (Å²) in [5.41, 5.74) is 6.69. The van der Waals surface area contributed by atoms with Gasteiger partial charge in [0.2, 0.25) is 5.91 Å². The van der Waals surface area contributed by atoms with Crippen molar-refractivity contribution in [1.29, 1.82) is 0 Å². The maximum absolute atomic E-state index is 12.4. The Morgan fingerprint density at radius 1 is 1.29 bits per heavy atom. The van der Waals surface area contributed by atoms with Crippen molar-refractivity contribution in [2.45, 2.75) is 24.4 Å². The van der Waals surface area contributed by atoms with Gasteiger partial charge in [-0.1, -0.05) is 24.3 Å². The van der Waals surface area contributed by atoms with Crippen LogP contribution in [0.1, 0.15) is 18.5 Å². The van der Waals surface area contributed by atoms with Crippen molar-refractivity contribution < 1.29 is 29.7 Å².